The molecule has 2 atom stereocenters. The Kier molecular flexibility index (Phi) is 4.10. The Bertz CT molecular complexity index is 697. The minimum absolute atomic E-state index is 0.183. The third-order valence-corrected chi connectivity index (χ3v) is 5.10. The first-order valence-electron chi connectivity index (χ1n) is 8.60. The summed E-state index contributed by atoms with van der Waals surface area (Å²) < 4.78 is 11.0. The summed E-state index contributed by atoms with van der Waals surface area (Å²) >= 11 is 0. The van der Waals surface area contributed by atoms with E-state index < -0.39 is 0 Å². The smallest absolute Gasteiger partial charge is 0.283 e. The molecule has 0 aromatic carbocycles. The Morgan fingerprint density at radius 1 is 1.25 bits per heavy atom. The Hall–Kier alpha value is -2.15. The molecule has 7 heteroatoms. The number of rotatable bonds is 4. The predicted molar refractivity (Wildman–Crippen MR) is 85.8 cm³/mol. The van der Waals surface area contributed by atoms with Crippen LogP contribution in [0.25, 0.3) is 11.7 Å². The van der Waals surface area contributed by atoms with Crippen LogP contribution in [0.5, 0.6) is 0 Å². The van der Waals surface area contributed by atoms with Gasteiger partial charge in [-0.25, -0.2) is 0 Å². The van der Waals surface area contributed by atoms with Crippen molar-refractivity contribution in [2.75, 3.05) is 13.1 Å². The number of aromatic nitrogens is 2. The highest BCUT2D eigenvalue weighted by Crippen LogP contribution is 2.31. The molecule has 2 aliphatic heterocycles. The molecular weight excluding hydrogens is 308 g/mol. The van der Waals surface area contributed by atoms with Gasteiger partial charge in [0.15, 0.2) is 5.76 Å². The molecule has 2 aliphatic rings. The van der Waals surface area contributed by atoms with Crippen molar-refractivity contribution in [3.05, 3.63) is 24.3 Å². The molecule has 128 valence electrons. The summed E-state index contributed by atoms with van der Waals surface area (Å²) in [5, 5.41) is 8.22. The first kappa shape index (κ1) is 15.4. The molecule has 24 heavy (non-hydrogen) atoms. The molecule has 0 aliphatic carbocycles. The lowest BCUT2D eigenvalue weighted by Gasteiger charge is -2.33. The van der Waals surface area contributed by atoms with Gasteiger partial charge >= 0.3 is 0 Å². The Morgan fingerprint density at radius 3 is 2.88 bits per heavy atom. The van der Waals surface area contributed by atoms with Crippen LogP contribution in [0.2, 0.25) is 0 Å². The fourth-order valence-electron chi connectivity index (χ4n) is 4.06. The van der Waals surface area contributed by atoms with Crippen molar-refractivity contribution >= 4 is 5.91 Å². The summed E-state index contributed by atoms with van der Waals surface area (Å²) in [7, 11) is 0. The minimum atomic E-state index is 0.183. The average Bonchev–Trinajstić information content (AvgIpc) is 3.35. The van der Waals surface area contributed by atoms with Gasteiger partial charge < -0.3 is 13.7 Å². The standard InChI is InChI=1S/C17H22N4O3/c1-12(22)21-9-3-6-14(21)13-5-2-8-20(13)11-16-18-19-17(24-16)15-7-4-10-23-15/h4,7,10,13-14H,2-3,5-6,8-9,11H2,1H3. The number of hydrogen-bond donors (Lipinski definition) is 0. The summed E-state index contributed by atoms with van der Waals surface area (Å²) in [5.74, 6) is 1.78. The third-order valence-electron chi connectivity index (χ3n) is 5.10. The van der Waals surface area contributed by atoms with Gasteiger partial charge in [0.1, 0.15) is 0 Å². The number of nitrogens with zero attached hydrogens (tertiary/aromatic N) is 4. The van der Waals surface area contributed by atoms with Gasteiger partial charge in [0.25, 0.3) is 5.89 Å². The number of carbonyl (C=O) groups is 1. The number of amides is 1. The normalized spacial score (nSPS) is 24.8. The zero-order valence-corrected chi connectivity index (χ0v) is 13.9. The predicted octanol–water partition coefficient (Wildman–Crippen LogP) is 2.30. The van der Waals surface area contributed by atoms with Crippen molar-refractivity contribution in [1.82, 2.24) is 20.0 Å². The van der Waals surface area contributed by atoms with Crippen LogP contribution in [0.15, 0.2) is 27.2 Å². The van der Waals surface area contributed by atoms with Crippen LogP contribution in [0, 0.1) is 0 Å². The second kappa shape index (κ2) is 6.39. The summed E-state index contributed by atoms with van der Waals surface area (Å²) in [4.78, 5) is 16.3. The van der Waals surface area contributed by atoms with Crippen molar-refractivity contribution in [3.63, 3.8) is 0 Å². The van der Waals surface area contributed by atoms with Gasteiger partial charge in [0, 0.05) is 25.6 Å². The molecule has 2 fully saturated rings. The van der Waals surface area contributed by atoms with E-state index in [1.165, 1.54) is 0 Å². The lowest BCUT2D eigenvalue weighted by molar-refractivity contribution is -0.130. The zero-order valence-electron chi connectivity index (χ0n) is 13.9. The fraction of sp³-hybridized carbons (Fsp3) is 0.588. The fourth-order valence-corrected chi connectivity index (χ4v) is 4.06. The van der Waals surface area contributed by atoms with E-state index in [1.807, 2.05) is 4.90 Å². The van der Waals surface area contributed by atoms with Gasteiger partial charge in [-0.15, -0.1) is 10.2 Å². The number of hydrogen-bond acceptors (Lipinski definition) is 6. The van der Waals surface area contributed by atoms with Crippen molar-refractivity contribution < 1.29 is 13.6 Å². The molecule has 2 saturated heterocycles. The average molecular weight is 330 g/mol. The Labute approximate surface area is 140 Å². The largest absolute Gasteiger partial charge is 0.459 e. The number of carbonyl (C=O) groups excluding carboxylic acids is 1. The Balaban J connectivity index is 1.47. The second-order valence-electron chi connectivity index (χ2n) is 6.58. The second-order valence-corrected chi connectivity index (χ2v) is 6.58. The SMILES string of the molecule is CC(=O)N1CCCC1C1CCCN1Cc1nnc(-c2ccco2)o1. The van der Waals surface area contributed by atoms with Crippen LogP contribution in [-0.2, 0) is 11.3 Å². The van der Waals surface area contributed by atoms with Gasteiger partial charge in [-0.3, -0.25) is 9.69 Å². The highest BCUT2D eigenvalue weighted by molar-refractivity contribution is 5.74. The van der Waals surface area contributed by atoms with Gasteiger partial charge in [-0.1, -0.05) is 0 Å². The van der Waals surface area contributed by atoms with E-state index in [9.17, 15) is 4.79 Å². The summed E-state index contributed by atoms with van der Waals surface area (Å²) in [6.45, 7) is 4.19. The highest BCUT2D eigenvalue weighted by atomic mass is 16.4. The van der Waals surface area contributed by atoms with Crippen LogP contribution in [-0.4, -0.2) is 51.1 Å². The molecule has 7 nitrogen and oxygen atoms in total. The maximum absolute atomic E-state index is 11.9. The van der Waals surface area contributed by atoms with E-state index in [0.29, 0.717) is 36.2 Å². The van der Waals surface area contributed by atoms with E-state index >= 15 is 0 Å². The van der Waals surface area contributed by atoms with E-state index in [4.69, 9.17) is 8.83 Å². The lowest BCUT2D eigenvalue weighted by Crippen LogP contribution is -2.47. The molecular formula is C17H22N4O3. The van der Waals surface area contributed by atoms with Crippen LogP contribution in [0.1, 0.15) is 38.5 Å². The summed E-state index contributed by atoms with van der Waals surface area (Å²) in [6, 6.07) is 4.30. The molecule has 0 N–H and O–H groups in total. The molecule has 0 bridgehead atoms. The highest BCUT2D eigenvalue weighted by Gasteiger charge is 2.39. The monoisotopic (exact) mass is 330 g/mol. The molecule has 2 aromatic heterocycles. The molecule has 4 rings (SSSR count). The summed E-state index contributed by atoms with van der Waals surface area (Å²) in [5.41, 5.74) is 0. The zero-order chi connectivity index (χ0) is 16.5. The maximum Gasteiger partial charge on any atom is 0.283 e. The van der Waals surface area contributed by atoms with Crippen molar-refractivity contribution in [2.24, 2.45) is 0 Å². The first-order chi connectivity index (χ1) is 11.7. The molecule has 2 unspecified atom stereocenters. The molecule has 0 saturated carbocycles. The van der Waals surface area contributed by atoms with Crippen LogP contribution >= 0.6 is 0 Å². The van der Waals surface area contributed by atoms with E-state index in [-0.39, 0.29) is 5.91 Å². The Morgan fingerprint density at radius 2 is 2.08 bits per heavy atom. The van der Waals surface area contributed by atoms with Crippen LogP contribution in [0.3, 0.4) is 0 Å². The third kappa shape index (κ3) is 2.84. The number of furan rings is 1. The molecule has 1 amide bonds. The van der Waals surface area contributed by atoms with Gasteiger partial charge in [0.2, 0.25) is 11.8 Å². The summed E-state index contributed by atoms with van der Waals surface area (Å²) in [6.07, 6.45) is 6.03. The lowest BCUT2D eigenvalue weighted by atomic mass is 10.0. The van der Waals surface area contributed by atoms with Gasteiger partial charge in [-0.2, -0.15) is 0 Å². The molecule has 0 spiro atoms. The van der Waals surface area contributed by atoms with Crippen molar-refractivity contribution in [3.8, 4) is 11.7 Å². The van der Waals surface area contributed by atoms with E-state index in [1.54, 1.807) is 25.3 Å². The maximum atomic E-state index is 11.9. The molecule has 4 heterocycles. The van der Waals surface area contributed by atoms with Crippen LogP contribution < -0.4 is 0 Å². The van der Waals surface area contributed by atoms with Crippen molar-refractivity contribution in [2.45, 2.75) is 51.2 Å². The quantitative estimate of drug-likeness (QED) is 0.856. The minimum Gasteiger partial charge on any atom is -0.459 e. The van der Waals surface area contributed by atoms with Gasteiger partial charge in [-0.05, 0) is 44.4 Å². The van der Waals surface area contributed by atoms with E-state index in [2.05, 4.69) is 15.1 Å². The van der Waals surface area contributed by atoms with Crippen molar-refractivity contribution in [1.29, 1.82) is 0 Å². The first-order valence-corrected chi connectivity index (χ1v) is 8.60. The molecule has 0 radical (unpaired) electrons. The molecule has 2 aromatic rings. The number of likely N-dealkylation sites (tertiary alicyclic amines) is 2. The van der Waals surface area contributed by atoms with Gasteiger partial charge in [0.05, 0.1) is 12.8 Å². The topological polar surface area (TPSA) is 75.6 Å². The van der Waals surface area contributed by atoms with Crippen LogP contribution in [0.4, 0.5) is 0 Å². The van der Waals surface area contributed by atoms with E-state index in [0.717, 1.165) is 38.8 Å².